The molecule has 3 aromatic rings. The van der Waals surface area contributed by atoms with Crippen molar-refractivity contribution >= 4 is 5.91 Å². The van der Waals surface area contributed by atoms with Gasteiger partial charge in [-0.25, -0.2) is 15.0 Å². The summed E-state index contributed by atoms with van der Waals surface area (Å²) in [6.07, 6.45) is -0.128. The van der Waals surface area contributed by atoms with Crippen LogP contribution in [0.2, 0.25) is 0 Å². The third-order valence-corrected chi connectivity index (χ3v) is 3.74. The third-order valence-electron chi connectivity index (χ3n) is 3.74. The van der Waals surface area contributed by atoms with E-state index < -0.39 is 11.7 Å². The van der Waals surface area contributed by atoms with Crippen molar-refractivity contribution in [3.8, 4) is 11.3 Å². The molecule has 146 valence electrons. The molecule has 3 rings (SSSR count). The van der Waals surface area contributed by atoms with E-state index in [9.17, 15) is 18.0 Å². The highest BCUT2D eigenvalue weighted by Crippen LogP contribution is 2.30. The van der Waals surface area contributed by atoms with Gasteiger partial charge in [0.2, 0.25) is 11.8 Å². The van der Waals surface area contributed by atoms with Gasteiger partial charge in [-0.15, -0.1) is 0 Å². The first kappa shape index (κ1) is 19.5. The minimum absolute atomic E-state index is 0.0687. The van der Waals surface area contributed by atoms with Crippen molar-refractivity contribution in [2.75, 3.05) is 6.54 Å². The minimum Gasteiger partial charge on any atom is -0.448 e. The summed E-state index contributed by atoms with van der Waals surface area (Å²) >= 11 is 0. The summed E-state index contributed by atoms with van der Waals surface area (Å²) < 4.78 is 43.0. The fourth-order valence-electron chi connectivity index (χ4n) is 2.36. The van der Waals surface area contributed by atoms with Gasteiger partial charge in [-0.2, -0.15) is 13.2 Å². The molecule has 0 fully saturated rings. The number of benzene rings is 1. The van der Waals surface area contributed by atoms with Gasteiger partial charge >= 0.3 is 6.18 Å². The lowest BCUT2D eigenvalue weighted by Gasteiger charge is -2.09. The molecule has 0 saturated heterocycles. The quantitative estimate of drug-likeness (QED) is 0.643. The van der Waals surface area contributed by atoms with E-state index in [1.165, 1.54) is 30.9 Å². The van der Waals surface area contributed by atoms with Crippen molar-refractivity contribution in [2.24, 2.45) is 0 Å². The maximum atomic E-state index is 12.7. The second kappa shape index (κ2) is 8.61. The third kappa shape index (κ3) is 5.36. The van der Waals surface area contributed by atoms with Gasteiger partial charge in [0.15, 0.2) is 0 Å². The van der Waals surface area contributed by atoms with Crippen LogP contribution in [0, 0.1) is 0 Å². The number of alkyl halides is 3. The summed E-state index contributed by atoms with van der Waals surface area (Å²) in [7, 11) is 0. The van der Waals surface area contributed by atoms with Crippen molar-refractivity contribution in [1.82, 2.24) is 25.6 Å². The number of rotatable bonds is 7. The van der Waals surface area contributed by atoms with Crippen LogP contribution in [0.1, 0.15) is 17.1 Å². The molecule has 10 heteroatoms. The number of nitrogens with zero attached hydrogens (tertiary/aromatic N) is 3. The van der Waals surface area contributed by atoms with Crippen LogP contribution < -0.4 is 10.6 Å². The highest BCUT2D eigenvalue weighted by molar-refractivity contribution is 5.77. The average Bonchev–Trinajstić information content (AvgIpc) is 3.19. The lowest BCUT2D eigenvalue weighted by molar-refractivity contribution is -0.137. The van der Waals surface area contributed by atoms with E-state index >= 15 is 0 Å². The van der Waals surface area contributed by atoms with E-state index in [2.05, 4.69) is 25.6 Å². The molecule has 28 heavy (non-hydrogen) atoms. The zero-order valence-corrected chi connectivity index (χ0v) is 14.5. The minimum atomic E-state index is -4.39. The van der Waals surface area contributed by atoms with Gasteiger partial charge in [0.05, 0.1) is 42.8 Å². The van der Waals surface area contributed by atoms with E-state index in [0.29, 0.717) is 29.4 Å². The van der Waals surface area contributed by atoms with E-state index in [1.807, 2.05) is 0 Å². The highest BCUT2D eigenvalue weighted by atomic mass is 19.4. The Bertz CT molecular complexity index is 912. The lowest BCUT2D eigenvalue weighted by Crippen LogP contribution is -2.33. The Labute approximate surface area is 158 Å². The molecule has 7 nitrogen and oxygen atoms in total. The van der Waals surface area contributed by atoms with Gasteiger partial charge in [-0.1, -0.05) is 12.1 Å². The van der Waals surface area contributed by atoms with Crippen molar-refractivity contribution in [3.05, 3.63) is 66.3 Å². The molecule has 0 aliphatic heterocycles. The summed E-state index contributed by atoms with van der Waals surface area (Å²) in [5.74, 6) is 0.228. The van der Waals surface area contributed by atoms with Crippen LogP contribution in [0.25, 0.3) is 11.3 Å². The Hall–Kier alpha value is -3.27. The largest absolute Gasteiger partial charge is 0.448 e. The van der Waals surface area contributed by atoms with Gasteiger partial charge in [-0.05, 0) is 18.2 Å². The molecule has 0 radical (unpaired) electrons. The van der Waals surface area contributed by atoms with Crippen LogP contribution in [0.5, 0.6) is 0 Å². The first-order valence-electron chi connectivity index (χ1n) is 8.26. The highest BCUT2D eigenvalue weighted by Gasteiger charge is 2.30. The molecule has 0 aliphatic rings. The van der Waals surface area contributed by atoms with E-state index in [0.717, 1.165) is 12.1 Å². The van der Waals surface area contributed by atoms with Gasteiger partial charge < -0.3 is 9.73 Å². The summed E-state index contributed by atoms with van der Waals surface area (Å²) in [4.78, 5) is 23.9. The molecule has 1 amide bonds. The van der Waals surface area contributed by atoms with Gasteiger partial charge in [0.25, 0.3) is 0 Å². The zero-order chi connectivity index (χ0) is 20.0. The number of amides is 1. The van der Waals surface area contributed by atoms with Crippen molar-refractivity contribution in [2.45, 2.75) is 19.3 Å². The second-order valence-corrected chi connectivity index (χ2v) is 5.78. The molecule has 2 N–H and O–H groups in total. The second-order valence-electron chi connectivity index (χ2n) is 5.78. The monoisotopic (exact) mass is 391 g/mol. The van der Waals surface area contributed by atoms with Crippen LogP contribution in [0.15, 0.2) is 53.5 Å². The number of hydrogen-bond donors (Lipinski definition) is 2. The molecule has 2 aromatic heterocycles. The average molecular weight is 391 g/mol. The molecule has 0 atom stereocenters. The predicted octanol–water partition coefficient (Wildman–Crippen LogP) is 2.56. The van der Waals surface area contributed by atoms with Crippen molar-refractivity contribution < 1.29 is 22.4 Å². The lowest BCUT2D eigenvalue weighted by atomic mass is 10.1. The van der Waals surface area contributed by atoms with Crippen LogP contribution in [0.3, 0.4) is 0 Å². The van der Waals surface area contributed by atoms with E-state index in [1.54, 1.807) is 6.07 Å². The van der Waals surface area contributed by atoms with Crippen LogP contribution >= 0.6 is 0 Å². The summed E-state index contributed by atoms with van der Waals surface area (Å²) in [6.45, 7) is 0.556. The Balaban J connectivity index is 1.53. The van der Waals surface area contributed by atoms with Gasteiger partial charge in [-0.3, -0.25) is 10.1 Å². The molecule has 0 unspecified atom stereocenters. The number of carbonyl (C=O) groups is 1. The summed E-state index contributed by atoms with van der Waals surface area (Å²) in [6, 6.07) is 6.31. The standard InChI is InChI=1S/C18H16F3N5O2/c19-18(20,21)13-3-1-12(2-4-13)15-7-14(25-11-26-15)8-24-16(27)9-22-10-17-23-5-6-28-17/h1-7,11,22H,8-10H2,(H,24,27). The van der Waals surface area contributed by atoms with Crippen LogP contribution in [-0.4, -0.2) is 27.4 Å². The SMILES string of the molecule is O=C(CNCc1ncco1)NCc1cc(-c2ccc(C(F)(F)F)cc2)ncn1. The fourth-order valence-corrected chi connectivity index (χ4v) is 2.36. The normalized spacial score (nSPS) is 11.4. The number of nitrogens with one attached hydrogen (secondary N) is 2. The fraction of sp³-hybridized carbons (Fsp3) is 0.222. The predicted molar refractivity (Wildman–Crippen MR) is 92.5 cm³/mol. The molecular weight excluding hydrogens is 375 g/mol. The molecule has 1 aromatic carbocycles. The number of halogens is 3. The summed E-state index contributed by atoms with van der Waals surface area (Å²) in [5.41, 5.74) is 0.798. The smallest absolute Gasteiger partial charge is 0.416 e. The number of oxazole rings is 1. The molecule has 0 bridgehead atoms. The number of carbonyl (C=O) groups excluding carboxylic acids is 1. The van der Waals surface area contributed by atoms with Crippen molar-refractivity contribution in [3.63, 3.8) is 0 Å². The maximum absolute atomic E-state index is 12.7. The Morgan fingerprint density at radius 3 is 2.54 bits per heavy atom. The van der Waals surface area contributed by atoms with E-state index in [4.69, 9.17) is 4.42 Å². The number of hydrogen-bond acceptors (Lipinski definition) is 6. The molecule has 2 heterocycles. The van der Waals surface area contributed by atoms with E-state index in [-0.39, 0.29) is 19.0 Å². The molecule has 0 spiro atoms. The molecule has 0 saturated carbocycles. The number of aromatic nitrogens is 3. The Morgan fingerprint density at radius 1 is 1.07 bits per heavy atom. The molecular formula is C18H16F3N5O2. The maximum Gasteiger partial charge on any atom is 0.416 e. The first-order valence-corrected chi connectivity index (χ1v) is 8.26. The first-order chi connectivity index (χ1) is 13.4. The zero-order valence-electron chi connectivity index (χ0n) is 14.5. The Morgan fingerprint density at radius 2 is 1.86 bits per heavy atom. The van der Waals surface area contributed by atoms with Crippen LogP contribution in [-0.2, 0) is 24.1 Å². The topological polar surface area (TPSA) is 92.9 Å². The molecule has 0 aliphatic carbocycles. The summed E-state index contributed by atoms with van der Waals surface area (Å²) in [5, 5.41) is 5.58. The Kier molecular flexibility index (Phi) is 5.99. The van der Waals surface area contributed by atoms with Crippen LogP contribution in [0.4, 0.5) is 13.2 Å². The van der Waals surface area contributed by atoms with Crippen molar-refractivity contribution in [1.29, 1.82) is 0 Å². The van der Waals surface area contributed by atoms with Gasteiger partial charge in [0, 0.05) is 5.56 Å². The van der Waals surface area contributed by atoms with Gasteiger partial charge in [0.1, 0.15) is 12.6 Å².